The molecule has 5 rings (SSSR count). The number of nitrogens with one attached hydrogen (secondary N) is 3. The van der Waals surface area contributed by atoms with Crippen LogP contribution in [0.1, 0.15) is 26.3 Å². The second-order valence-electron chi connectivity index (χ2n) is 9.09. The summed E-state index contributed by atoms with van der Waals surface area (Å²) in [5, 5.41) is 6.58. The van der Waals surface area contributed by atoms with Crippen LogP contribution in [0, 0.1) is 0 Å². The van der Waals surface area contributed by atoms with Gasteiger partial charge in [-0.25, -0.2) is 0 Å². The van der Waals surface area contributed by atoms with E-state index in [-0.39, 0.29) is 17.2 Å². The zero-order valence-electron chi connectivity index (χ0n) is 22.2. The molecule has 1 aromatic heterocycles. The molecule has 0 unspecified atom stereocenters. The molecule has 0 saturated heterocycles. The van der Waals surface area contributed by atoms with Crippen LogP contribution in [0.3, 0.4) is 0 Å². The minimum atomic E-state index is -0.478. The molecule has 5 aromatic rings. The maximum atomic E-state index is 13.5. The molecule has 0 fully saturated rings. The molecule has 0 aliphatic carbocycles. The zero-order chi connectivity index (χ0) is 28.6. The van der Waals surface area contributed by atoms with E-state index in [1.54, 1.807) is 86.1 Å². The quantitative estimate of drug-likeness (QED) is 0.102. The highest BCUT2D eigenvalue weighted by atomic mass is 32.2. The number of thioether (sulfide) groups is 1. The van der Waals surface area contributed by atoms with Gasteiger partial charge in [-0.1, -0.05) is 54.6 Å². The lowest BCUT2D eigenvalue weighted by Crippen LogP contribution is -2.30. The summed E-state index contributed by atoms with van der Waals surface area (Å²) in [7, 11) is 1.56. The molecule has 41 heavy (non-hydrogen) atoms. The number of aromatic amines is 1. The molecule has 0 aliphatic rings. The van der Waals surface area contributed by atoms with Gasteiger partial charge in [-0.15, -0.1) is 11.8 Å². The number of Topliss-reactive ketones (excluding diaryl/α,β-unsaturated/α-hetero) is 1. The van der Waals surface area contributed by atoms with Crippen LogP contribution in [0.5, 0.6) is 5.75 Å². The molecule has 4 aromatic carbocycles. The van der Waals surface area contributed by atoms with E-state index in [0.717, 1.165) is 21.4 Å². The number of methoxy groups -OCH3 is 1. The predicted octanol–water partition coefficient (Wildman–Crippen LogP) is 6.56. The molecule has 204 valence electrons. The van der Waals surface area contributed by atoms with Gasteiger partial charge in [-0.05, 0) is 54.6 Å². The Hall–Kier alpha value is -5.08. The molecule has 0 aliphatic heterocycles. The number of hydrogen-bond donors (Lipinski definition) is 3. The number of carbonyl (C=O) groups is 3. The Morgan fingerprint density at radius 2 is 1.61 bits per heavy atom. The Morgan fingerprint density at radius 1 is 0.854 bits per heavy atom. The molecule has 2 amide bonds. The summed E-state index contributed by atoms with van der Waals surface area (Å²) >= 11 is 1.37. The van der Waals surface area contributed by atoms with E-state index in [1.807, 2.05) is 36.4 Å². The van der Waals surface area contributed by atoms with Crippen molar-refractivity contribution in [2.24, 2.45) is 0 Å². The van der Waals surface area contributed by atoms with Crippen molar-refractivity contribution in [3.63, 3.8) is 0 Å². The van der Waals surface area contributed by atoms with Gasteiger partial charge in [0.25, 0.3) is 11.8 Å². The van der Waals surface area contributed by atoms with Crippen LogP contribution in [0.25, 0.3) is 17.0 Å². The first kappa shape index (κ1) is 27.5. The number of benzene rings is 4. The Bertz CT molecular complexity index is 1740. The fraction of sp³-hybridized carbons (Fsp3) is 0.0606. The van der Waals surface area contributed by atoms with Gasteiger partial charge in [-0.3, -0.25) is 14.4 Å². The van der Waals surface area contributed by atoms with Crippen LogP contribution in [0.2, 0.25) is 0 Å². The third-order valence-electron chi connectivity index (χ3n) is 6.30. The number of hydrogen-bond acceptors (Lipinski definition) is 5. The standard InChI is InChI=1S/C33H27N3O4S/c1-40-26-13-7-11-23(17-26)31(37)21-41-27-14-8-12-25(19-27)35-33(39)30(36-32(38)22-9-3-2-4-10-22)18-24-20-34-29-16-6-5-15-28(24)29/h2-20,34H,21H2,1H3,(H,35,39)(H,36,38)/b30-18-. The summed E-state index contributed by atoms with van der Waals surface area (Å²) < 4.78 is 5.21. The van der Waals surface area contributed by atoms with Gasteiger partial charge >= 0.3 is 0 Å². The summed E-state index contributed by atoms with van der Waals surface area (Å²) in [4.78, 5) is 43.2. The first-order valence-electron chi connectivity index (χ1n) is 12.9. The summed E-state index contributed by atoms with van der Waals surface area (Å²) in [5.41, 5.74) is 3.31. The van der Waals surface area contributed by atoms with Gasteiger partial charge in [0, 0.05) is 44.4 Å². The topological polar surface area (TPSA) is 100 Å². The number of anilines is 1. The summed E-state index contributed by atoms with van der Waals surface area (Å²) in [6, 6.07) is 30.7. The van der Waals surface area contributed by atoms with Crippen LogP contribution in [0.15, 0.2) is 120 Å². The number of fused-ring (bicyclic) bond motifs is 1. The van der Waals surface area contributed by atoms with E-state index in [1.165, 1.54) is 11.8 Å². The van der Waals surface area contributed by atoms with E-state index >= 15 is 0 Å². The van der Waals surface area contributed by atoms with E-state index < -0.39 is 11.8 Å². The lowest BCUT2D eigenvalue weighted by Gasteiger charge is -2.12. The van der Waals surface area contributed by atoms with Crippen molar-refractivity contribution in [2.45, 2.75) is 4.90 Å². The smallest absolute Gasteiger partial charge is 0.272 e. The zero-order valence-corrected chi connectivity index (χ0v) is 23.0. The Labute approximate surface area is 241 Å². The van der Waals surface area contributed by atoms with Gasteiger partial charge in [0.1, 0.15) is 11.4 Å². The molecule has 7 nitrogen and oxygen atoms in total. The van der Waals surface area contributed by atoms with Crippen molar-refractivity contribution in [1.82, 2.24) is 10.3 Å². The maximum Gasteiger partial charge on any atom is 0.272 e. The Morgan fingerprint density at radius 3 is 2.44 bits per heavy atom. The van der Waals surface area contributed by atoms with Crippen molar-refractivity contribution in [1.29, 1.82) is 0 Å². The number of H-pyrrole nitrogens is 1. The second kappa shape index (κ2) is 12.8. The lowest BCUT2D eigenvalue weighted by atomic mass is 10.1. The second-order valence-corrected chi connectivity index (χ2v) is 10.1. The molecule has 3 N–H and O–H groups in total. The van der Waals surface area contributed by atoms with Gasteiger partial charge in [-0.2, -0.15) is 0 Å². The minimum Gasteiger partial charge on any atom is -0.497 e. The molecule has 0 radical (unpaired) electrons. The third kappa shape index (κ3) is 6.93. The van der Waals surface area contributed by atoms with Crippen molar-refractivity contribution in [2.75, 3.05) is 18.2 Å². The third-order valence-corrected chi connectivity index (χ3v) is 7.30. The molecule has 0 saturated carbocycles. The van der Waals surface area contributed by atoms with E-state index in [2.05, 4.69) is 15.6 Å². The van der Waals surface area contributed by atoms with Crippen LogP contribution in [-0.4, -0.2) is 35.4 Å². The highest BCUT2D eigenvalue weighted by Crippen LogP contribution is 2.25. The normalized spacial score (nSPS) is 11.2. The summed E-state index contributed by atoms with van der Waals surface area (Å²) in [6.45, 7) is 0. The number of amides is 2. The number of rotatable bonds is 10. The fourth-order valence-corrected chi connectivity index (χ4v) is 5.05. The Balaban J connectivity index is 1.34. The number of aromatic nitrogens is 1. The highest BCUT2D eigenvalue weighted by Gasteiger charge is 2.16. The van der Waals surface area contributed by atoms with Crippen molar-refractivity contribution in [3.8, 4) is 5.75 Å². The van der Waals surface area contributed by atoms with Crippen molar-refractivity contribution >= 4 is 52.0 Å². The molecule has 0 atom stereocenters. The van der Waals surface area contributed by atoms with Gasteiger partial charge < -0.3 is 20.4 Å². The number of ether oxygens (including phenoxy) is 1. The monoisotopic (exact) mass is 561 g/mol. The molecular formula is C33H27N3O4S. The number of carbonyl (C=O) groups excluding carboxylic acids is 3. The van der Waals surface area contributed by atoms with Crippen molar-refractivity contribution < 1.29 is 19.1 Å². The average Bonchev–Trinajstić information content (AvgIpc) is 3.42. The SMILES string of the molecule is COc1cccc(C(=O)CSc2cccc(NC(=O)/C(=C/c3c[nH]c4ccccc34)NC(=O)c3ccccc3)c2)c1. The Kier molecular flexibility index (Phi) is 8.61. The maximum absolute atomic E-state index is 13.5. The first-order chi connectivity index (χ1) is 20.0. The first-order valence-corrected chi connectivity index (χ1v) is 13.8. The number of para-hydroxylation sites is 1. The van der Waals surface area contributed by atoms with Gasteiger partial charge in [0.05, 0.1) is 12.9 Å². The molecule has 1 heterocycles. The van der Waals surface area contributed by atoms with Crippen LogP contribution < -0.4 is 15.4 Å². The molecule has 0 spiro atoms. The largest absolute Gasteiger partial charge is 0.497 e. The van der Waals surface area contributed by atoms with Crippen molar-refractivity contribution in [3.05, 3.63) is 132 Å². The van der Waals surface area contributed by atoms with Gasteiger partial charge in [0.15, 0.2) is 5.78 Å². The lowest BCUT2D eigenvalue weighted by molar-refractivity contribution is -0.113. The van der Waals surface area contributed by atoms with Gasteiger partial charge in [0.2, 0.25) is 0 Å². The fourth-order valence-electron chi connectivity index (χ4n) is 4.20. The number of ketones is 1. The van der Waals surface area contributed by atoms with E-state index in [4.69, 9.17) is 4.74 Å². The average molecular weight is 562 g/mol. The van der Waals surface area contributed by atoms with Crippen LogP contribution >= 0.6 is 11.8 Å². The molecular weight excluding hydrogens is 534 g/mol. The predicted molar refractivity (Wildman–Crippen MR) is 163 cm³/mol. The van der Waals surface area contributed by atoms with E-state index in [9.17, 15) is 14.4 Å². The minimum absolute atomic E-state index is 0.0316. The summed E-state index contributed by atoms with van der Waals surface area (Å²) in [5.74, 6) is -0.0534. The summed E-state index contributed by atoms with van der Waals surface area (Å²) in [6.07, 6.45) is 3.45. The van der Waals surface area contributed by atoms with Crippen LogP contribution in [-0.2, 0) is 4.79 Å². The van der Waals surface area contributed by atoms with E-state index in [0.29, 0.717) is 22.6 Å². The molecule has 8 heteroatoms. The molecule has 0 bridgehead atoms. The van der Waals surface area contributed by atoms with Crippen LogP contribution in [0.4, 0.5) is 5.69 Å². The highest BCUT2D eigenvalue weighted by molar-refractivity contribution is 8.00.